The summed E-state index contributed by atoms with van der Waals surface area (Å²) in [7, 11) is 0. The standard InChI is InChI=1S/C16H16Cl2FN/c1-3-20-9-12-7-11(4-5-14(12)17)13-6-10(2)16(19)8-15(13)18/h4-8,20H,3,9H2,1-2H3. The first-order valence-corrected chi connectivity index (χ1v) is 7.23. The summed E-state index contributed by atoms with van der Waals surface area (Å²) in [6.07, 6.45) is 0. The average molecular weight is 312 g/mol. The van der Waals surface area contributed by atoms with Crippen LogP contribution in [0.4, 0.5) is 4.39 Å². The van der Waals surface area contributed by atoms with Crippen molar-refractivity contribution in [2.24, 2.45) is 0 Å². The van der Waals surface area contributed by atoms with Crippen LogP contribution in [0.5, 0.6) is 0 Å². The number of benzene rings is 2. The lowest BCUT2D eigenvalue weighted by molar-refractivity contribution is 0.619. The van der Waals surface area contributed by atoms with Gasteiger partial charge in [-0.05, 0) is 54.4 Å². The molecular weight excluding hydrogens is 296 g/mol. The van der Waals surface area contributed by atoms with Crippen molar-refractivity contribution in [3.8, 4) is 11.1 Å². The van der Waals surface area contributed by atoms with Crippen molar-refractivity contribution in [3.05, 3.63) is 57.3 Å². The summed E-state index contributed by atoms with van der Waals surface area (Å²) in [6, 6.07) is 8.85. The molecule has 0 aliphatic carbocycles. The molecule has 0 fully saturated rings. The predicted molar refractivity (Wildman–Crippen MR) is 84.0 cm³/mol. The van der Waals surface area contributed by atoms with Crippen LogP contribution < -0.4 is 5.32 Å². The van der Waals surface area contributed by atoms with Gasteiger partial charge < -0.3 is 5.32 Å². The van der Waals surface area contributed by atoms with Gasteiger partial charge in [-0.1, -0.05) is 36.2 Å². The van der Waals surface area contributed by atoms with Gasteiger partial charge in [-0.25, -0.2) is 4.39 Å². The molecule has 0 radical (unpaired) electrons. The van der Waals surface area contributed by atoms with Gasteiger partial charge in [0.05, 0.1) is 5.02 Å². The van der Waals surface area contributed by atoms with Crippen molar-refractivity contribution in [1.82, 2.24) is 5.32 Å². The molecule has 20 heavy (non-hydrogen) atoms. The maximum atomic E-state index is 13.5. The van der Waals surface area contributed by atoms with Gasteiger partial charge in [0, 0.05) is 17.1 Å². The normalized spacial score (nSPS) is 10.8. The molecule has 0 aliphatic rings. The molecule has 0 saturated carbocycles. The zero-order chi connectivity index (χ0) is 14.7. The van der Waals surface area contributed by atoms with Gasteiger partial charge >= 0.3 is 0 Å². The third-order valence-electron chi connectivity index (χ3n) is 3.17. The maximum absolute atomic E-state index is 13.5. The van der Waals surface area contributed by atoms with E-state index in [1.165, 1.54) is 6.07 Å². The van der Waals surface area contributed by atoms with Crippen LogP contribution in [0.15, 0.2) is 30.3 Å². The number of halogens is 3. The van der Waals surface area contributed by atoms with E-state index in [-0.39, 0.29) is 5.82 Å². The zero-order valence-electron chi connectivity index (χ0n) is 11.4. The van der Waals surface area contributed by atoms with Crippen LogP contribution in [0.1, 0.15) is 18.1 Å². The van der Waals surface area contributed by atoms with E-state index in [0.717, 1.165) is 23.2 Å². The van der Waals surface area contributed by atoms with Gasteiger partial charge in [-0.3, -0.25) is 0 Å². The SMILES string of the molecule is CCNCc1cc(-c2cc(C)c(F)cc2Cl)ccc1Cl. The van der Waals surface area contributed by atoms with E-state index in [9.17, 15) is 4.39 Å². The largest absolute Gasteiger partial charge is 0.313 e. The van der Waals surface area contributed by atoms with E-state index in [1.807, 2.05) is 25.1 Å². The van der Waals surface area contributed by atoms with E-state index < -0.39 is 0 Å². The molecule has 0 bridgehead atoms. The van der Waals surface area contributed by atoms with Gasteiger partial charge in [-0.2, -0.15) is 0 Å². The molecule has 0 atom stereocenters. The minimum atomic E-state index is -0.291. The number of hydrogen-bond donors (Lipinski definition) is 1. The number of aryl methyl sites for hydroxylation is 1. The molecule has 0 unspecified atom stereocenters. The van der Waals surface area contributed by atoms with Crippen molar-refractivity contribution in [2.45, 2.75) is 20.4 Å². The minimum absolute atomic E-state index is 0.291. The Morgan fingerprint density at radius 1 is 1.10 bits per heavy atom. The Morgan fingerprint density at radius 2 is 1.85 bits per heavy atom. The first-order valence-electron chi connectivity index (χ1n) is 6.48. The lowest BCUT2D eigenvalue weighted by Gasteiger charge is -2.11. The van der Waals surface area contributed by atoms with Gasteiger partial charge in [0.2, 0.25) is 0 Å². The summed E-state index contributed by atoms with van der Waals surface area (Å²) in [5.74, 6) is -0.291. The fourth-order valence-electron chi connectivity index (χ4n) is 2.02. The predicted octanol–water partition coefficient (Wildman–Crippen LogP) is 5.22. The molecule has 4 heteroatoms. The molecule has 106 valence electrons. The molecule has 0 amide bonds. The Labute approximate surface area is 128 Å². The highest BCUT2D eigenvalue weighted by Gasteiger charge is 2.10. The molecule has 0 heterocycles. The smallest absolute Gasteiger partial charge is 0.127 e. The Bertz CT molecular complexity index is 626. The average Bonchev–Trinajstić information content (AvgIpc) is 2.42. The Kier molecular flexibility index (Phi) is 5.03. The highest BCUT2D eigenvalue weighted by molar-refractivity contribution is 6.33. The summed E-state index contributed by atoms with van der Waals surface area (Å²) in [4.78, 5) is 0. The fourth-order valence-corrected chi connectivity index (χ4v) is 2.46. The molecule has 0 saturated heterocycles. The topological polar surface area (TPSA) is 12.0 Å². The second kappa shape index (κ2) is 6.57. The molecule has 2 aromatic rings. The second-order valence-electron chi connectivity index (χ2n) is 4.67. The fraction of sp³-hybridized carbons (Fsp3) is 0.250. The summed E-state index contributed by atoms with van der Waals surface area (Å²) in [6.45, 7) is 5.33. The van der Waals surface area contributed by atoms with Gasteiger partial charge in [0.25, 0.3) is 0 Å². The van der Waals surface area contributed by atoms with Gasteiger partial charge in [-0.15, -0.1) is 0 Å². The Hall–Kier alpha value is -1.09. The molecule has 0 aliphatic heterocycles. The molecule has 0 aromatic heterocycles. The summed E-state index contributed by atoms with van der Waals surface area (Å²) in [5.41, 5.74) is 3.34. The number of hydrogen-bond acceptors (Lipinski definition) is 1. The lowest BCUT2D eigenvalue weighted by Crippen LogP contribution is -2.12. The second-order valence-corrected chi connectivity index (χ2v) is 5.48. The first kappa shape index (κ1) is 15.3. The first-order chi connectivity index (χ1) is 9.52. The maximum Gasteiger partial charge on any atom is 0.127 e. The summed E-state index contributed by atoms with van der Waals surface area (Å²) >= 11 is 12.3. The van der Waals surface area contributed by atoms with Crippen LogP contribution in [0.2, 0.25) is 10.0 Å². The van der Waals surface area contributed by atoms with Crippen LogP contribution in [-0.4, -0.2) is 6.54 Å². The van der Waals surface area contributed by atoms with Crippen molar-refractivity contribution >= 4 is 23.2 Å². The zero-order valence-corrected chi connectivity index (χ0v) is 12.9. The quantitative estimate of drug-likeness (QED) is 0.816. The van der Waals surface area contributed by atoms with Crippen molar-refractivity contribution < 1.29 is 4.39 Å². The van der Waals surface area contributed by atoms with Gasteiger partial charge in [0.1, 0.15) is 5.82 Å². The molecule has 1 nitrogen and oxygen atoms in total. The third-order valence-corrected chi connectivity index (χ3v) is 3.85. The molecule has 0 spiro atoms. The van der Waals surface area contributed by atoms with Crippen molar-refractivity contribution in [2.75, 3.05) is 6.54 Å². The van der Waals surface area contributed by atoms with Crippen LogP contribution in [0.3, 0.4) is 0 Å². The lowest BCUT2D eigenvalue weighted by atomic mass is 10.0. The Balaban J connectivity index is 2.45. The number of nitrogens with one attached hydrogen (secondary N) is 1. The van der Waals surface area contributed by atoms with Crippen LogP contribution >= 0.6 is 23.2 Å². The van der Waals surface area contributed by atoms with E-state index in [2.05, 4.69) is 5.32 Å². The van der Waals surface area contributed by atoms with Crippen LogP contribution in [0.25, 0.3) is 11.1 Å². The highest BCUT2D eigenvalue weighted by Crippen LogP contribution is 2.32. The molecule has 2 aromatic carbocycles. The van der Waals surface area contributed by atoms with Crippen molar-refractivity contribution in [3.63, 3.8) is 0 Å². The highest BCUT2D eigenvalue weighted by atomic mass is 35.5. The van der Waals surface area contributed by atoms with E-state index in [1.54, 1.807) is 13.0 Å². The Morgan fingerprint density at radius 3 is 2.55 bits per heavy atom. The van der Waals surface area contributed by atoms with Crippen LogP contribution in [0, 0.1) is 12.7 Å². The van der Waals surface area contributed by atoms with E-state index in [0.29, 0.717) is 22.2 Å². The summed E-state index contributed by atoms with van der Waals surface area (Å²) < 4.78 is 13.5. The van der Waals surface area contributed by atoms with E-state index >= 15 is 0 Å². The molecule has 2 rings (SSSR count). The third kappa shape index (κ3) is 3.32. The molecule has 1 N–H and O–H groups in total. The number of rotatable bonds is 4. The van der Waals surface area contributed by atoms with E-state index in [4.69, 9.17) is 23.2 Å². The molecular formula is C16H16Cl2FN. The van der Waals surface area contributed by atoms with Crippen LogP contribution in [-0.2, 0) is 6.54 Å². The summed E-state index contributed by atoms with van der Waals surface area (Å²) in [5, 5.41) is 4.36. The minimum Gasteiger partial charge on any atom is -0.313 e. The monoisotopic (exact) mass is 311 g/mol. The van der Waals surface area contributed by atoms with Crippen molar-refractivity contribution in [1.29, 1.82) is 0 Å². The van der Waals surface area contributed by atoms with Gasteiger partial charge in [0.15, 0.2) is 0 Å².